The van der Waals surface area contributed by atoms with Crippen LogP contribution in [0.25, 0.3) is 0 Å². The molecular formula is C25H43NO18. The van der Waals surface area contributed by atoms with Gasteiger partial charge < -0.3 is 95.4 Å². The lowest BCUT2D eigenvalue weighted by Crippen LogP contribution is -2.68. The number of ether oxygens (including phenoxy) is 4. The van der Waals surface area contributed by atoms with Crippen molar-refractivity contribution in [2.75, 3.05) is 19.8 Å². The molecule has 0 bridgehead atoms. The van der Waals surface area contributed by atoms with E-state index in [1.165, 1.54) is 13.0 Å². The number of hydrogen-bond donors (Lipinski definition) is 14. The summed E-state index contributed by atoms with van der Waals surface area (Å²) in [6.45, 7) is -1.08. The fraction of sp³-hybridized carbons (Fsp3) is 0.880. The molecule has 2 fully saturated rings. The summed E-state index contributed by atoms with van der Waals surface area (Å²) in [5, 5.41) is 135. The van der Waals surface area contributed by atoms with Gasteiger partial charge in [-0.25, -0.2) is 0 Å². The van der Waals surface area contributed by atoms with Crippen LogP contribution in [-0.2, 0) is 23.7 Å². The van der Waals surface area contributed by atoms with Gasteiger partial charge in [-0.3, -0.25) is 0 Å². The van der Waals surface area contributed by atoms with Gasteiger partial charge in [0.15, 0.2) is 18.9 Å². The van der Waals surface area contributed by atoms with Crippen LogP contribution in [0.5, 0.6) is 0 Å². The van der Waals surface area contributed by atoms with Crippen molar-refractivity contribution in [2.45, 2.75) is 117 Å². The van der Waals surface area contributed by atoms with E-state index >= 15 is 0 Å². The average Bonchev–Trinajstić information content (AvgIpc) is 3.02. The Bertz CT molecular complexity index is 943. The summed E-state index contributed by atoms with van der Waals surface area (Å²) < 4.78 is 22.0. The third-order valence-corrected chi connectivity index (χ3v) is 8.03. The molecule has 44 heavy (non-hydrogen) atoms. The van der Waals surface area contributed by atoms with Crippen molar-refractivity contribution in [2.24, 2.45) is 0 Å². The van der Waals surface area contributed by atoms with Gasteiger partial charge in [0.1, 0.15) is 79.4 Å². The van der Waals surface area contributed by atoms with Crippen molar-refractivity contribution in [3.63, 3.8) is 0 Å². The maximum absolute atomic E-state index is 10.9. The zero-order valence-electron chi connectivity index (χ0n) is 23.5. The van der Waals surface area contributed by atoms with E-state index in [4.69, 9.17) is 18.9 Å². The Hall–Kier alpha value is -1.31. The highest BCUT2D eigenvalue weighted by atomic mass is 16.7. The monoisotopic (exact) mass is 645 g/mol. The van der Waals surface area contributed by atoms with Gasteiger partial charge in [0, 0.05) is 0 Å². The molecule has 2 unspecified atom stereocenters. The minimum atomic E-state index is -2.10. The maximum Gasteiger partial charge on any atom is 0.187 e. The first-order valence-electron chi connectivity index (χ1n) is 13.9. The minimum Gasteiger partial charge on any atom is -0.394 e. The molecule has 1 aliphatic carbocycles. The first kappa shape index (κ1) is 37.2. The summed E-state index contributed by atoms with van der Waals surface area (Å²) in [4.78, 5) is 10.9. The topological polar surface area (TPSA) is 329 Å². The van der Waals surface area contributed by atoms with Crippen molar-refractivity contribution in [1.82, 2.24) is 5.32 Å². The smallest absolute Gasteiger partial charge is 0.187 e. The molecule has 0 radical (unpaired) electrons. The molecule has 2 aliphatic heterocycles. The van der Waals surface area contributed by atoms with E-state index in [9.17, 15) is 71.2 Å². The molecule has 2 heterocycles. The highest BCUT2D eigenvalue weighted by Gasteiger charge is 2.52. The Labute approximate surface area is 250 Å². The number of aldehydes is 1. The average molecular weight is 646 g/mol. The normalized spacial score (nSPS) is 44.4. The Morgan fingerprint density at radius 1 is 0.886 bits per heavy atom. The van der Waals surface area contributed by atoms with E-state index in [1.54, 1.807) is 0 Å². The van der Waals surface area contributed by atoms with Gasteiger partial charge in [0.2, 0.25) is 0 Å². The fourth-order valence-electron chi connectivity index (χ4n) is 5.36. The Kier molecular flexibility index (Phi) is 13.5. The molecule has 0 aromatic heterocycles. The quantitative estimate of drug-likeness (QED) is 0.0653. The summed E-state index contributed by atoms with van der Waals surface area (Å²) in [5.41, 5.74) is 0.00900. The SMILES string of the molecule is C[C@H]1O[C@H](OC2[C@@H](CO)O[C@H](O[C@@H]([C@H](O)[C@@H](O)C=O)[C@H](O)CO)[C@H](O)[C@H]2O)[C@H](O)[C@@H](O)C1N[C@H]1C=C(CO)[C@@H](O)[C@H](O)[C@H]1O. The maximum atomic E-state index is 10.9. The zero-order chi connectivity index (χ0) is 33.0. The van der Waals surface area contributed by atoms with Crippen molar-refractivity contribution >= 4 is 6.29 Å². The van der Waals surface area contributed by atoms with E-state index < -0.39 is 130 Å². The van der Waals surface area contributed by atoms with Gasteiger partial charge in [-0.2, -0.15) is 0 Å². The van der Waals surface area contributed by atoms with Crippen LogP contribution >= 0.6 is 0 Å². The van der Waals surface area contributed by atoms with E-state index in [0.29, 0.717) is 0 Å². The molecule has 0 saturated carbocycles. The van der Waals surface area contributed by atoms with Crippen molar-refractivity contribution < 1.29 is 90.1 Å². The van der Waals surface area contributed by atoms with Crippen LogP contribution in [0.3, 0.4) is 0 Å². The van der Waals surface area contributed by atoms with Crippen molar-refractivity contribution in [1.29, 1.82) is 0 Å². The zero-order valence-corrected chi connectivity index (χ0v) is 23.5. The number of carbonyl (C=O) groups is 1. The summed E-state index contributed by atoms with van der Waals surface area (Å²) in [5.74, 6) is 0. The van der Waals surface area contributed by atoms with Crippen molar-refractivity contribution in [3.8, 4) is 0 Å². The van der Waals surface area contributed by atoms with Gasteiger partial charge >= 0.3 is 0 Å². The first-order chi connectivity index (χ1) is 20.7. The molecule has 18 atom stereocenters. The molecule has 14 N–H and O–H groups in total. The third-order valence-electron chi connectivity index (χ3n) is 8.03. The van der Waals surface area contributed by atoms with Crippen LogP contribution in [0.1, 0.15) is 6.92 Å². The van der Waals surface area contributed by atoms with E-state index in [1.807, 2.05) is 0 Å². The van der Waals surface area contributed by atoms with Crippen LogP contribution in [0.2, 0.25) is 0 Å². The van der Waals surface area contributed by atoms with Gasteiger partial charge in [-0.05, 0) is 12.5 Å². The van der Waals surface area contributed by atoms with Crippen LogP contribution in [0.4, 0.5) is 0 Å². The van der Waals surface area contributed by atoms with E-state index in [0.717, 1.165) is 0 Å². The number of nitrogens with one attached hydrogen (secondary N) is 1. The first-order valence-corrected chi connectivity index (χ1v) is 13.9. The fourth-order valence-corrected chi connectivity index (χ4v) is 5.36. The number of aliphatic hydroxyl groups is 13. The van der Waals surface area contributed by atoms with Crippen molar-refractivity contribution in [3.05, 3.63) is 11.6 Å². The van der Waals surface area contributed by atoms with Gasteiger partial charge in [0.05, 0.1) is 38.0 Å². The standard InChI is InChI=1S/C25H43NO18/c1-7-13(26-9-2-8(3-27)14(33)18(37)15(9)34)17(36)20(39)24(41-7)44-23-12(6-30)42-25(21(40)19(23)38)43-22(11(32)5-29)16(35)10(31)4-28/h2,4,7,9-27,29-40H,3,5-6H2,1H3/t7-,9+,10+,11-,12-,13?,14-,15+,16-,17+,18+,19-,20-,21-,22-,23?,24-,25-/m1/s1. The molecule has 0 spiro atoms. The largest absolute Gasteiger partial charge is 0.394 e. The lowest BCUT2D eigenvalue weighted by molar-refractivity contribution is -0.361. The minimum absolute atomic E-state index is 0.00900. The summed E-state index contributed by atoms with van der Waals surface area (Å²) in [6.07, 6.45) is -26.8. The highest BCUT2D eigenvalue weighted by Crippen LogP contribution is 2.31. The van der Waals surface area contributed by atoms with Crippen LogP contribution < -0.4 is 5.32 Å². The Morgan fingerprint density at radius 3 is 2.09 bits per heavy atom. The summed E-state index contributed by atoms with van der Waals surface area (Å²) in [7, 11) is 0. The molecule has 0 aromatic carbocycles. The Balaban J connectivity index is 1.71. The summed E-state index contributed by atoms with van der Waals surface area (Å²) >= 11 is 0. The van der Waals surface area contributed by atoms with Gasteiger partial charge in [0.25, 0.3) is 0 Å². The number of hydrogen-bond acceptors (Lipinski definition) is 19. The van der Waals surface area contributed by atoms with E-state index in [-0.39, 0.29) is 11.9 Å². The second-order valence-corrected chi connectivity index (χ2v) is 11.0. The lowest BCUT2D eigenvalue weighted by atomic mass is 9.86. The molecule has 3 rings (SSSR count). The number of rotatable bonds is 13. The molecule has 0 aromatic rings. The van der Waals surface area contributed by atoms with Crippen LogP contribution in [0.15, 0.2) is 11.6 Å². The number of carbonyl (C=O) groups excluding carboxylic acids is 1. The predicted octanol–water partition coefficient (Wildman–Crippen LogP) is -8.72. The van der Waals surface area contributed by atoms with E-state index in [2.05, 4.69) is 5.32 Å². The van der Waals surface area contributed by atoms with Gasteiger partial charge in [-0.1, -0.05) is 6.08 Å². The predicted molar refractivity (Wildman–Crippen MR) is 139 cm³/mol. The molecule has 0 amide bonds. The molecule has 256 valence electrons. The van der Waals surface area contributed by atoms with Crippen LogP contribution in [-0.4, -0.2) is 203 Å². The lowest BCUT2D eigenvalue weighted by Gasteiger charge is -2.48. The summed E-state index contributed by atoms with van der Waals surface area (Å²) in [6, 6.07) is -2.21. The van der Waals surface area contributed by atoms with Crippen LogP contribution in [0, 0.1) is 0 Å². The van der Waals surface area contributed by atoms with Gasteiger partial charge in [-0.15, -0.1) is 0 Å². The second-order valence-electron chi connectivity index (χ2n) is 11.0. The second kappa shape index (κ2) is 16.0. The Morgan fingerprint density at radius 2 is 1.52 bits per heavy atom. The number of aliphatic hydroxyl groups excluding tert-OH is 13. The highest BCUT2D eigenvalue weighted by molar-refractivity contribution is 5.56. The molecular weight excluding hydrogens is 602 g/mol. The molecule has 2 saturated heterocycles. The molecule has 19 nitrogen and oxygen atoms in total. The molecule has 3 aliphatic rings. The third kappa shape index (κ3) is 7.79. The molecule has 19 heteroatoms.